The predicted octanol–water partition coefficient (Wildman–Crippen LogP) is 9.87. The summed E-state index contributed by atoms with van der Waals surface area (Å²) in [6.07, 6.45) is 4.98. The lowest BCUT2D eigenvalue weighted by molar-refractivity contribution is -0.127. The highest BCUT2D eigenvalue weighted by molar-refractivity contribution is 6.32. The van der Waals surface area contributed by atoms with Gasteiger partial charge in [-0.15, -0.1) is 0 Å². The van der Waals surface area contributed by atoms with Crippen molar-refractivity contribution in [1.82, 2.24) is 14.8 Å². The topological polar surface area (TPSA) is 64.1 Å². The number of rotatable bonds is 11. The van der Waals surface area contributed by atoms with E-state index in [1.165, 1.54) is 5.56 Å². The van der Waals surface area contributed by atoms with Crippen molar-refractivity contribution >= 4 is 46.8 Å². The molecule has 0 radical (unpaired) electrons. The molecule has 4 aromatic carbocycles. The van der Waals surface area contributed by atoms with Crippen molar-refractivity contribution in [2.75, 3.05) is 26.2 Å². The second kappa shape index (κ2) is 16.2. The van der Waals surface area contributed by atoms with Crippen molar-refractivity contribution in [3.63, 3.8) is 0 Å². The number of hydrogen-bond donors (Lipinski definition) is 0. The first-order chi connectivity index (χ1) is 23.8. The fraction of sp³-hybridized carbons (Fsp3) is 0.179. The molecule has 10 heteroatoms. The van der Waals surface area contributed by atoms with Gasteiger partial charge < -0.3 is 19.1 Å². The Hall–Kier alpha value is -4.53. The third-order valence-corrected chi connectivity index (χ3v) is 8.90. The van der Waals surface area contributed by atoms with Gasteiger partial charge in [-0.25, -0.2) is 4.98 Å². The molecule has 1 aliphatic heterocycles. The monoisotopic (exact) mass is 713 g/mol. The fourth-order valence-electron chi connectivity index (χ4n) is 5.34. The number of aromatic nitrogens is 1. The van der Waals surface area contributed by atoms with Crippen LogP contribution in [-0.2, 0) is 17.9 Å². The van der Waals surface area contributed by atoms with Crippen molar-refractivity contribution in [3.05, 3.63) is 147 Å². The van der Waals surface area contributed by atoms with Gasteiger partial charge >= 0.3 is 0 Å². The van der Waals surface area contributed by atoms with Crippen LogP contribution in [0.4, 0.5) is 0 Å². The molecule has 250 valence electrons. The van der Waals surface area contributed by atoms with Gasteiger partial charge in [0.15, 0.2) is 5.75 Å². The van der Waals surface area contributed by atoms with Crippen LogP contribution in [0.1, 0.15) is 22.3 Å². The van der Waals surface area contributed by atoms with E-state index in [1.54, 1.807) is 48.7 Å². The lowest BCUT2D eigenvalue weighted by Gasteiger charge is -2.34. The molecule has 1 saturated heterocycles. The van der Waals surface area contributed by atoms with Crippen LogP contribution < -0.4 is 14.2 Å². The van der Waals surface area contributed by atoms with Crippen LogP contribution in [0.15, 0.2) is 109 Å². The van der Waals surface area contributed by atoms with E-state index in [1.807, 2.05) is 66.4 Å². The molecule has 1 amide bonds. The molecule has 6 rings (SSSR count). The summed E-state index contributed by atoms with van der Waals surface area (Å²) in [5.74, 6) is 2.96. The SMILES string of the molecule is Cc1cc(C=CC(=O)N2CCN(Cc3ccc(Oc4ccc(Cl)cc4)cc3)CC2)cc(Cl)c1Oc1ccc(OCc2ccccc2Cl)cn1. The van der Waals surface area contributed by atoms with Crippen LogP contribution in [0.3, 0.4) is 0 Å². The molecule has 0 N–H and O–H groups in total. The molecule has 0 atom stereocenters. The highest BCUT2D eigenvalue weighted by atomic mass is 35.5. The third kappa shape index (κ3) is 9.55. The Morgan fingerprint density at radius 3 is 2.16 bits per heavy atom. The average molecular weight is 715 g/mol. The zero-order chi connectivity index (χ0) is 34.2. The van der Waals surface area contributed by atoms with Crippen molar-refractivity contribution < 1.29 is 19.0 Å². The number of piperazine rings is 1. The highest BCUT2D eigenvalue weighted by Crippen LogP contribution is 2.34. The molecular weight excluding hydrogens is 681 g/mol. The standard InChI is InChI=1S/C39H34Cl3N3O4/c1-27-22-29(23-36(42)39(27)49-37-16-15-34(24-43-37)47-26-30-4-2-3-5-35(30)41)8-17-38(46)45-20-18-44(19-21-45)25-28-6-11-32(12-7-28)48-33-13-9-31(40)10-14-33/h2-17,22-24H,18-21,25-26H2,1H3. The van der Waals surface area contributed by atoms with Gasteiger partial charge in [0.1, 0.15) is 23.9 Å². The summed E-state index contributed by atoms with van der Waals surface area (Å²) in [7, 11) is 0. The summed E-state index contributed by atoms with van der Waals surface area (Å²) >= 11 is 18.8. The minimum absolute atomic E-state index is 0.0292. The quantitative estimate of drug-likeness (QED) is 0.127. The number of pyridine rings is 1. The Balaban J connectivity index is 0.964. The van der Waals surface area contributed by atoms with Gasteiger partial charge in [0, 0.05) is 60.5 Å². The van der Waals surface area contributed by atoms with E-state index >= 15 is 0 Å². The second-order valence-corrected chi connectivity index (χ2v) is 12.8. The summed E-state index contributed by atoms with van der Waals surface area (Å²) < 4.78 is 17.7. The van der Waals surface area contributed by atoms with E-state index in [0.717, 1.165) is 47.8 Å². The normalized spacial score (nSPS) is 13.4. The molecule has 0 saturated carbocycles. The van der Waals surface area contributed by atoms with Crippen molar-refractivity contribution in [2.45, 2.75) is 20.1 Å². The number of carbonyl (C=O) groups is 1. The molecule has 0 spiro atoms. The summed E-state index contributed by atoms with van der Waals surface area (Å²) in [6.45, 7) is 5.95. The number of nitrogens with zero attached hydrogens (tertiary/aromatic N) is 3. The van der Waals surface area contributed by atoms with Gasteiger partial charge in [0.05, 0.1) is 11.2 Å². The first kappa shape index (κ1) is 34.3. The largest absolute Gasteiger partial charge is 0.487 e. The Labute approximate surface area is 301 Å². The first-order valence-electron chi connectivity index (χ1n) is 15.8. The van der Waals surface area contributed by atoms with E-state index in [4.69, 9.17) is 49.0 Å². The summed E-state index contributed by atoms with van der Waals surface area (Å²) in [5, 5.41) is 1.75. The highest BCUT2D eigenvalue weighted by Gasteiger charge is 2.20. The molecule has 1 aliphatic rings. The number of carbonyl (C=O) groups excluding carboxylic acids is 1. The molecule has 49 heavy (non-hydrogen) atoms. The van der Waals surface area contributed by atoms with Crippen molar-refractivity contribution in [3.8, 4) is 28.9 Å². The second-order valence-electron chi connectivity index (χ2n) is 11.6. The zero-order valence-electron chi connectivity index (χ0n) is 26.8. The Bertz CT molecular complexity index is 1890. The molecule has 0 unspecified atom stereocenters. The number of halogens is 3. The average Bonchev–Trinajstić information content (AvgIpc) is 3.11. The maximum absolute atomic E-state index is 13.0. The van der Waals surface area contributed by atoms with Gasteiger partial charge in [-0.05, 0) is 90.4 Å². The predicted molar refractivity (Wildman–Crippen MR) is 195 cm³/mol. The van der Waals surface area contributed by atoms with Crippen LogP contribution in [0.25, 0.3) is 6.08 Å². The van der Waals surface area contributed by atoms with E-state index < -0.39 is 0 Å². The summed E-state index contributed by atoms with van der Waals surface area (Å²) in [6, 6.07) is 30.1. The molecule has 2 heterocycles. The van der Waals surface area contributed by atoms with E-state index in [2.05, 4.69) is 22.0 Å². The Morgan fingerprint density at radius 2 is 1.49 bits per heavy atom. The van der Waals surface area contributed by atoms with E-state index in [0.29, 0.717) is 52.1 Å². The lowest BCUT2D eigenvalue weighted by atomic mass is 10.1. The molecule has 0 aliphatic carbocycles. The van der Waals surface area contributed by atoms with E-state index in [-0.39, 0.29) is 5.91 Å². The van der Waals surface area contributed by atoms with Crippen LogP contribution in [-0.4, -0.2) is 46.9 Å². The number of amides is 1. The van der Waals surface area contributed by atoms with Crippen LogP contribution in [0.5, 0.6) is 28.9 Å². The summed E-state index contributed by atoms with van der Waals surface area (Å²) in [4.78, 5) is 21.6. The van der Waals surface area contributed by atoms with Crippen LogP contribution in [0, 0.1) is 6.92 Å². The minimum atomic E-state index is -0.0292. The summed E-state index contributed by atoms with van der Waals surface area (Å²) in [5.41, 5.74) is 3.70. The molecule has 1 fully saturated rings. The number of ether oxygens (including phenoxy) is 3. The molecule has 0 bridgehead atoms. The molecular formula is C39H34Cl3N3O4. The van der Waals surface area contributed by atoms with E-state index in [9.17, 15) is 4.79 Å². The van der Waals surface area contributed by atoms with Gasteiger partial charge in [0.2, 0.25) is 11.8 Å². The van der Waals surface area contributed by atoms with Crippen molar-refractivity contribution in [2.24, 2.45) is 0 Å². The number of hydrogen-bond acceptors (Lipinski definition) is 6. The van der Waals surface area contributed by atoms with Crippen LogP contribution >= 0.6 is 34.8 Å². The molecule has 5 aromatic rings. The Morgan fingerprint density at radius 1 is 0.796 bits per heavy atom. The van der Waals surface area contributed by atoms with Gasteiger partial charge in [-0.2, -0.15) is 0 Å². The van der Waals surface area contributed by atoms with Gasteiger partial charge in [0.25, 0.3) is 0 Å². The zero-order valence-corrected chi connectivity index (χ0v) is 29.1. The van der Waals surface area contributed by atoms with Gasteiger partial charge in [-0.1, -0.05) is 65.1 Å². The number of benzene rings is 4. The lowest BCUT2D eigenvalue weighted by Crippen LogP contribution is -2.47. The molecule has 1 aromatic heterocycles. The van der Waals surface area contributed by atoms with Crippen LogP contribution in [0.2, 0.25) is 15.1 Å². The Kier molecular flexibility index (Phi) is 11.4. The minimum Gasteiger partial charge on any atom is -0.487 e. The number of aryl methyl sites for hydroxylation is 1. The fourth-order valence-corrected chi connectivity index (χ4v) is 5.97. The van der Waals surface area contributed by atoms with Gasteiger partial charge in [-0.3, -0.25) is 9.69 Å². The maximum atomic E-state index is 13.0. The molecule has 7 nitrogen and oxygen atoms in total. The van der Waals surface area contributed by atoms with Crippen molar-refractivity contribution in [1.29, 1.82) is 0 Å². The maximum Gasteiger partial charge on any atom is 0.246 e. The third-order valence-electron chi connectivity index (χ3n) is 8.00. The first-order valence-corrected chi connectivity index (χ1v) is 16.9. The smallest absolute Gasteiger partial charge is 0.246 e.